The summed E-state index contributed by atoms with van der Waals surface area (Å²) in [5.74, 6) is -0.204. The average Bonchev–Trinajstić information content (AvgIpc) is 4.11. The summed E-state index contributed by atoms with van der Waals surface area (Å²) < 4.78 is 24.7. The van der Waals surface area contributed by atoms with E-state index in [9.17, 15) is 13.3 Å². The summed E-state index contributed by atoms with van der Waals surface area (Å²) in [5, 5.41) is 30.6. The maximum absolute atomic E-state index is 11.1. The van der Waals surface area contributed by atoms with Crippen LogP contribution in [-0.4, -0.2) is 8.80 Å². The van der Waals surface area contributed by atoms with Crippen LogP contribution in [0.2, 0.25) is 0 Å². The standard InChI is InChI=1S/C60H30N4/c61-27-29-25-45-55(57-47(29)49-31-11-1-5-15-35(31)51(57)36-16-6-2-12-32(36)49)41-21-9-19-39-53-43(63(45)59(39)41)23-24-44-54(53)40-20-10-22-42-56-46(64(44)60(40)42)26-30(28-62)48-50-33-13-3-7-17-37(33)52(58(48)56)38-18-8-4-14-34(38)50/h1-26,49-52H/i23D,24D. The fourth-order valence-electron chi connectivity index (χ4n) is 14.2. The van der Waals surface area contributed by atoms with Crippen molar-refractivity contribution in [2.75, 3.05) is 0 Å². The Morgan fingerprint density at radius 3 is 0.969 bits per heavy atom. The molecule has 4 heterocycles. The number of para-hydroxylation sites is 2. The quantitative estimate of drug-likeness (QED) is 0.153. The van der Waals surface area contributed by atoms with Crippen molar-refractivity contribution in [3.8, 4) is 12.1 Å². The fourth-order valence-corrected chi connectivity index (χ4v) is 14.2. The Bertz CT molecular complexity index is 4220. The number of benzene rings is 9. The molecule has 0 amide bonds. The van der Waals surface area contributed by atoms with Gasteiger partial charge >= 0.3 is 0 Å². The van der Waals surface area contributed by atoms with E-state index in [2.05, 4.69) is 167 Å². The van der Waals surface area contributed by atoms with Gasteiger partial charge in [-0.2, -0.15) is 10.5 Å². The molecule has 4 aromatic heterocycles. The van der Waals surface area contributed by atoms with Gasteiger partial charge in [-0.25, -0.2) is 0 Å². The molecule has 0 aliphatic heterocycles. The van der Waals surface area contributed by atoms with Gasteiger partial charge in [0.05, 0.1) is 59.1 Å². The second-order valence-corrected chi connectivity index (χ2v) is 18.5. The zero-order valence-corrected chi connectivity index (χ0v) is 34.0. The van der Waals surface area contributed by atoms with E-state index in [-0.39, 0.29) is 35.8 Å². The molecule has 0 fully saturated rings. The van der Waals surface area contributed by atoms with Crippen molar-refractivity contribution >= 4 is 76.2 Å². The minimum Gasteiger partial charge on any atom is -0.308 e. The fraction of sp³-hybridized carbons (Fsp3) is 0.0667. The van der Waals surface area contributed by atoms with Crippen LogP contribution in [0, 0.1) is 22.7 Å². The van der Waals surface area contributed by atoms with Gasteiger partial charge in [-0.05, 0) is 91.0 Å². The molecule has 9 aromatic carbocycles. The third-order valence-electron chi connectivity index (χ3n) is 16.2. The lowest BCUT2D eigenvalue weighted by Crippen LogP contribution is -2.28. The first kappa shape index (κ1) is 30.6. The highest BCUT2D eigenvalue weighted by atomic mass is 14.9. The predicted molar refractivity (Wildman–Crippen MR) is 255 cm³/mol. The van der Waals surface area contributed by atoms with Gasteiger partial charge in [0, 0.05) is 66.8 Å². The van der Waals surface area contributed by atoms with E-state index in [1.54, 1.807) is 0 Å². The molecule has 0 atom stereocenters. The number of rotatable bonds is 0. The molecule has 0 spiro atoms. The lowest BCUT2D eigenvalue weighted by atomic mass is 9.59. The van der Waals surface area contributed by atoms with E-state index in [0.29, 0.717) is 22.2 Å². The smallest absolute Gasteiger partial charge is 0.0995 e. The minimum atomic E-state index is -0.0555. The number of nitriles is 2. The molecule has 4 bridgehead atoms. The molecule has 6 aliphatic carbocycles. The van der Waals surface area contributed by atoms with Gasteiger partial charge in [-0.1, -0.05) is 133 Å². The van der Waals surface area contributed by atoms with Gasteiger partial charge in [0.1, 0.15) is 0 Å². The molecule has 0 N–H and O–H groups in total. The molecule has 13 aromatic rings. The largest absolute Gasteiger partial charge is 0.308 e. The number of fused-ring (bicyclic) bond motifs is 13. The van der Waals surface area contributed by atoms with Crippen molar-refractivity contribution in [1.82, 2.24) is 8.80 Å². The van der Waals surface area contributed by atoms with Crippen molar-refractivity contribution in [2.24, 2.45) is 0 Å². The molecule has 4 nitrogen and oxygen atoms in total. The summed E-state index contributed by atoms with van der Waals surface area (Å²) in [6.45, 7) is 0. The highest BCUT2D eigenvalue weighted by molar-refractivity contribution is 6.36. The minimum absolute atomic E-state index is 0.0463. The normalized spacial score (nSPS) is 19.0. The zero-order valence-electron chi connectivity index (χ0n) is 36.0. The Morgan fingerprint density at radius 1 is 0.359 bits per heavy atom. The van der Waals surface area contributed by atoms with E-state index in [0.717, 1.165) is 76.3 Å². The first-order chi connectivity index (χ1) is 32.6. The van der Waals surface area contributed by atoms with Crippen molar-refractivity contribution < 1.29 is 2.74 Å². The SMILES string of the molecule is [2H]c1c([2H])c2c(c3cccc4c5c6c(c(C#N)cc5n2c43)C2c3ccccc3C6c3ccccc32)c2c3cccc4c5c6c(c(C#N)cc5n(c12)c43)C1c2ccccc2C6c2ccccc21. The van der Waals surface area contributed by atoms with Crippen LogP contribution in [0.3, 0.4) is 0 Å². The molecule has 19 rings (SSSR count). The Labute approximate surface area is 368 Å². The Morgan fingerprint density at radius 2 is 0.656 bits per heavy atom. The molecule has 6 aliphatic rings. The van der Waals surface area contributed by atoms with Gasteiger partial charge in [-0.15, -0.1) is 0 Å². The average molecular weight is 809 g/mol. The van der Waals surface area contributed by atoms with Gasteiger partial charge in [0.25, 0.3) is 0 Å². The number of nitrogens with zero attached hydrogens (tertiary/aromatic N) is 4. The summed E-state index contributed by atoms with van der Waals surface area (Å²) in [5.41, 5.74) is 21.4. The summed E-state index contributed by atoms with van der Waals surface area (Å²) in [6, 6.07) is 57.9. The molecule has 64 heavy (non-hydrogen) atoms. The van der Waals surface area contributed by atoms with Crippen molar-refractivity contribution in [3.05, 3.63) is 236 Å². The van der Waals surface area contributed by atoms with Crippen molar-refractivity contribution in [2.45, 2.75) is 23.7 Å². The third kappa shape index (κ3) is 3.27. The monoisotopic (exact) mass is 808 g/mol. The first-order valence-corrected chi connectivity index (χ1v) is 22.2. The van der Waals surface area contributed by atoms with Crippen LogP contribution in [0.1, 0.15) is 104 Å². The van der Waals surface area contributed by atoms with Crippen LogP contribution in [-0.2, 0) is 0 Å². The predicted octanol–water partition coefficient (Wildman–Crippen LogP) is 13.7. The number of hydrogen-bond donors (Lipinski definition) is 0. The summed E-state index contributed by atoms with van der Waals surface area (Å²) in [6.07, 6.45) is 0. The molecular formula is C60H30N4. The maximum atomic E-state index is 11.1. The van der Waals surface area contributed by atoms with E-state index < -0.39 is 0 Å². The molecule has 0 radical (unpaired) electrons. The lowest BCUT2D eigenvalue weighted by Gasteiger charge is -2.43. The van der Waals surface area contributed by atoms with E-state index in [1.165, 1.54) is 55.6 Å². The number of aromatic nitrogens is 2. The zero-order chi connectivity index (χ0) is 43.2. The summed E-state index contributed by atoms with van der Waals surface area (Å²) >= 11 is 0. The Hall–Kier alpha value is -8.44. The highest BCUT2D eigenvalue weighted by Gasteiger charge is 2.46. The van der Waals surface area contributed by atoms with E-state index in [4.69, 9.17) is 0 Å². The molecule has 290 valence electrons. The third-order valence-corrected chi connectivity index (χ3v) is 16.2. The molecular weight excluding hydrogens is 777 g/mol. The second-order valence-electron chi connectivity index (χ2n) is 18.5. The topological polar surface area (TPSA) is 56.4 Å². The van der Waals surface area contributed by atoms with Gasteiger partial charge in [0.15, 0.2) is 0 Å². The van der Waals surface area contributed by atoms with Crippen LogP contribution in [0.25, 0.3) is 76.2 Å². The van der Waals surface area contributed by atoms with Crippen LogP contribution in [0.15, 0.2) is 158 Å². The van der Waals surface area contributed by atoms with E-state index in [1.807, 2.05) is 0 Å². The van der Waals surface area contributed by atoms with Gasteiger partial charge in [0.2, 0.25) is 0 Å². The van der Waals surface area contributed by atoms with Crippen molar-refractivity contribution in [3.63, 3.8) is 0 Å². The van der Waals surface area contributed by atoms with Crippen molar-refractivity contribution in [1.29, 1.82) is 10.5 Å². The van der Waals surface area contributed by atoms with E-state index >= 15 is 0 Å². The molecule has 0 unspecified atom stereocenters. The van der Waals surface area contributed by atoms with Gasteiger partial charge in [-0.3, -0.25) is 0 Å². The first-order valence-electron chi connectivity index (χ1n) is 23.2. The molecule has 0 saturated carbocycles. The molecule has 4 heteroatoms. The molecule has 0 saturated heterocycles. The summed E-state index contributed by atoms with van der Waals surface area (Å²) in [4.78, 5) is 0. The van der Waals surface area contributed by atoms with Crippen LogP contribution in [0.5, 0.6) is 0 Å². The maximum Gasteiger partial charge on any atom is 0.0995 e. The van der Waals surface area contributed by atoms with Crippen LogP contribution >= 0.6 is 0 Å². The lowest BCUT2D eigenvalue weighted by molar-refractivity contribution is 0.759. The van der Waals surface area contributed by atoms with Crippen LogP contribution < -0.4 is 0 Å². The Kier molecular flexibility index (Phi) is 5.06. The van der Waals surface area contributed by atoms with Gasteiger partial charge < -0.3 is 8.80 Å². The Balaban J connectivity index is 1.03. The number of hydrogen-bond acceptors (Lipinski definition) is 2. The highest BCUT2D eigenvalue weighted by Crippen LogP contribution is 2.62. The summed E-state index contributed by atoms with van der Waals surface area (Å²) in [7, 11) is 0. The van der Waals surface area contributed by atoms with Crippen LogP contribution in [0.4, 0.5) is 0 Å². The second kappa shape index (κ2) is 10.6.